The van der Waals surface area contributed by atoms with Gasteiger partial charge < -0.3 is 9.84 Å². The first-order valence-corrected chi connectivity index (χ1v) is 17.7. The van der Waals surface area contributed by atoms with E-state index in [0.29, 0.717) is 32.6 Å². The first kappa shape index (κ1) is 34.2. The van der Waals surface area contributed by atoms with Gasteiger partial charge in [0, 0.05) is 21.5 Å². The first-order chi connectivity index (χ1) is 25.0. The van der Waals surface area contributed by atoms with Crippen LogP contribution in [0.15, 0.2) is 96.6 Å². The Morgan fingerprint density at radius 3 is 2.27 bits per heavy atom. The average Bonchev–Trinajstić information content (AvgIpc) is 3.52. The number of nitrogens with one attached hydrogen (secondary N) is 1. The summed E-state index contributed by atoms with van der Waals surface area (Å²) in [7, 11) is 1.50. The van der Waals surface area contributed by atoms with Gasteiger partial charge in [-0.2, -0.15) is 5.01 Å². The molecule has 6 atom stereocenters. The number of hydrogen-bond acceptors (Lipinski definition) is 7. The molecule has 264 valence electrons. The Morgan fingerprint density at radius 1 is 0.865 bits per heavy atom. The lowest BCUT2D eigenvalue weighted by Crippen LogP contribution is -2.53. The Labute approximate surface area is 312 Å². The summed E-state index contributed by atoms with van der Waals surface area (Å²) in [5, 5.41) is 13.2. The van der Waals surface area contributed by atoms with Crippen LogP contribution in [-0.4, -0.2) is 40.9 Å². The molecule has 0 spiro atoms. The standard InChI is InChI=1S/C39H29Cl3FN3O6/c1-52-23-12-5-19(6-13-23)39-28(36(49)46(38(39)51)44-31-16-9-21(41)17-29(31)42)18-27-24(33(39)26-3-2-4-30(43)34(26)47)14-15-25-32(27)37(50)45(35(25)48)22-10-7-20(40)8-11-22/h2-14,16-17,25,27-28,32-33,44,47H,15,18H2,1H3. The monoisotopic (exact) mass is 759 g/mol. The summed E-state index contributed by atoms with van der Waals surface area (Å²) in [5.74, 6) is -7.92. The van der Waals surface area contributed by atoms with E-state index in [-0.39, 0.29) is 35.0 Å². The number of carbonyl (C=O) groups excluding carboxylic acids is 4. The maximum Gasteiger partial charge on any atom is 0.260 e. The van der Waals surface area contributed by atoms with Crippen molar-refractivity contribution in [2.75, 3.05) is 17.4 Å². The van der Waals surface area contributed by atoms with E-state index in [9.17, 15) is 19.5 Å². The number of methoxy groups -OCH3 is 1. The maximum atomic E-state index is 15.3. The highest BCUT2D eigenvalue weighted by atomic mass is 35.5. The molecule has 9 nitrogen and oxygen atoms in total. The van der Waals surface area contributed by atoms with Crippen LogP contribution >= 0.6 is 34.8 Å². The van der Waals surface area contributed by atoms with Crippen LogP contribution in [0.4, 0.5) is 15.8 Å². The van der Waals surface area contributed by atoms with Gasteiger partial charge in [-0.1, -0.05) is 70.7 Å². The molecule has 13 heteroatoms. The van der Waals surface area contributed by atoms with Crippen LogP contribution in [-0.2, 0) is 24.6 Å². The number of allylic oxidation sites excluding steroid dienone is 2. The molecular formula is C39H29Cl3FN3O6. The van der Waals surface area contributed by atoms with E-state index in [1.165, 1.54) is 31.4 Å². The molecule has 6 unspecified atom stereocenters. The third kappa shape index (κ3) is 4.95. The highest BCUT2D eigenvalue weighted by Crippen LogP contribution is 2.65. The number of aromatic hydroxyl groups is 1. The summed E-state index contributed by atoms with van der Waals surface area (Å²) < 4.78 is 20.7. The van der Waals surface area contributed by atoms with E-state index in [1.807, 2.05) is 6.08 Å². The number of hydrogen-bond donors (Lipinski definition) is 2. The molecule has 1 saturated carbocycles. The predicted molar refractivity (Wildman–Crippen MR) is 193 cm³/mol. The molecule has 2 heterocycles. The van der Waals surface area contributed by atoms with Gasteiger partial charge in [0.25, 0.3) is 11.8 Å². The number of halogens is 4. The maximum absolute atomic E-state index is 15.3. The van der Waals surface area contributed by atoms with Crippen molar-refractivity contribution < 1.29 is 33.4 Å². The molecule has 52 heavy (non-hydrogen) atoms. The van der Waals surface area contributed by atoms with Crippen LogP contribution in [0.2, 0.25) is 15.1 Å². The number of phenolic OH excluding ortho intramolecular Hbond substituents is 1. The SMILES string of the molecule is COc1ccc(C23C(=O)N(Nc4ccc(Cl)cc4Cl)C(=O)C2CC2C(=CCC4C(=O)N(c5ccc(Cl)cc5)C(=O)C42)C3c2cccc(F)c2O)cc1. The van der Waals surface area contributed by atoms with E-state index >= 15 is 9.18 Å². The van der Waals surface area contributed by atoms with Gasteiger partial charge in [0.05, 0.1) is 46.7 Å². The van der Waals surface area contributed by atoms with Gasteiger partial charge in [-0.05, 0) is 85.0 Å². The molecule has 0 aromatic heterocycles. The van der Waals surface area contributed by atoms with Crippen molar-refractivity contribution in [3.8, 4) is 11.5 Å². The Hall–Kier alpha value is -4.90. The summed E-state index contributed by atoms with van der Waals surface area (Å²) in [6.45, 7) is 0. The van der Waals surface area contributed by atoms with E-state index in [1.54, 1.807) is 54.6 Å². The molecule has 2 aliphatic carbocycles. The molecule has 2 saturated heterocycles. The van der Waals surface area contributed by atoms with Crippen LogP contribution in [0.5, 0.6) is 11.5 Å². The number of imide groups is 2. The third-order valence-electron chi connectivity index (χ3n) is 11.0. The van der Waals surface area contributed by atoms with Crippen molar-refractivity contribution in [2.24, 2.45) is 23.7 Å². The van der Waals surface area contributed by atoms with Crippen LogP contribution in [0, 0.1) is 29.5 Å². The smallest absolute Gasteiger partial charge is 0.260 e. The van der Waals surface area contributed by atoms with Gasteiger partial charge in [0.15, 0.2) is 11.6 Å². The van der Waals surface area contributed by atoms with E-state index < -0.39 is 64.3 Å². The molecule has 3 fully saturated rings. The predicted octanol–water partition coefficient (Wildman–Crippen LogP) is 7.69. The fraction of sp³-hybridized carbons (Fsp3) is 0.231. The van der Waals surface area contributed by atoms with Crippen LogP contribution in [0.25, 0.3) is 0 Å². The number of carbonyl (C=O) groups is 4. The average molecular weight is 761 g/mol. The zero-order chi connectivity index (χ0) is 36.6. The Bertz CT molecular complexity index is 2210. The normalized spacial score (nSPS) is 26.6. The van der Waals surface area contributed by atoms with Gasteiger partial charge in [-0.25, -0.2) is 4.39 Å². The van der Waals surface area contributed by atoms with E-state index in [0.717, 1.165) is 16.0 Å². The van der Waals surface area contributed by atoms with Gasteiger partial charge in [-0.15, -0.1) is 0 Å². The highest BCUT2D eigenvalue weighted by Gasteiger charge is 2.70. The molecule has 4 aromatic rings. The zero-order valence-corrected chi connectivity index (χ0v) is 29.6. The minimum Gasteiger partial charge on any atom is -0.505 e. The summed E-state index contributed by atoms with van der Waals surface area (Å²) >= 11 is 18.7. The van der Waals surface area contributed by atoms with Gasteiger partial charge in [0.1, 0.15) is 5.75 Å². The Morgan fingerprint density at radius 2 is 1.58 bits per heavy atom. The molecule has 2 N–H and O–H groups in total. The number of fused-ring (bicyclic) bond motifs is 4. The number of nitrogens with zero attached hydrogens (tertiary/aromatic N) is 2. The number of amides is 4. The van der Waals surface area contributed by atoms with Crippen LogP contribution in [0.3, 0.4) is 0 Å². The molecule has 0 radical (unpaired) electrons. The van der Waals surface area contributed by atoms with Gasteiger partial charge in [-0.3, -0.25) is 29.5 Å². The van der Waals surface area contributed by atoms with Crippen LogP contribution < -0.4 is 15.1 Å². The molecule has 4 amide bonds. The minimum absolute atomic E-state index is 0.00378. The van der Waals surface area contributed by atoms with Crippen LogP contribution in [0.1, 0.15) is 29.9 Å². The van der Waals surface area contributed by atoms with E-state index in [2.05, 4.69) is 5.43 Å². The number of benzene rings is 4. The van der Waals surface area contributed by atoms with Crippen molar-refractivity contribution in [1.29, 1.82) is 0 Å². The van der Waals surface area contributed by atoms with Gasteiger partial charge >= 0.3 is 0 Å². The number of rotatable bonds is 6. The lowest BCUT2D eigenvalue weighted by atomic mass is 9.49. The van der Waals surface area contributed by atoms with Crippen molar-refractivity contribution in [3.05, 3.63) is 129 Å². The lowest BCUT2D eigenvalue weighted by molar-refractivity contribution is -0.138. The second-order valence-electron chi connectivity index (χ2n) is 13.4. The summed E-state index contributed by atoms with van der Waals surface area (Å²) in [5.41, 5.74) is 2.78. The summed E-state index contributed by atoms with van der Waals surface area (Å²) in [6.07, 6.45) is 1.96. The van der Waals surface area contributed by atoms with Gasteiger partial charge in [0.2, 0.25) is 11.8 Å². The first-order valence-electron chi connectivity index (χ1n) is 16.5. The van der Waals surface area contributed by atoms with Crippen molar-refractivity contribution in [3.63, 3.8) is 0 Å². The molecular weight excluding hydrogens is 732 g/mol. The molecule has 0 bridgehead atoms. The number of anilines is 2. The zero-order valence-electron chi connectivity index (χ0n) is 27.4. The summed E-state index contributed by atoms with van der Waals surface area (Å²) in [4.78, 5) is 59.6. The molecule has 4 aliphatic rings. The fourth-order valence-corrected chi connectivity index (χ4v) is 9.37. The highest BCUT2D eigenvalue weighted by molar-refractivity contribution is 6.36. The second kappa shape index (κ2) is 12.6. The Kier molecular flexibility index (Phi) is 8.32. The number of para-hydroxylation sites is 1. The quantitative estimate of drug-likeness (QED) is 0.153. The van der Waals surface area contributed by atoms with Crippen molar-refractivity contribution in [1.82, 2.24) is 5.01 Å². The summed E-state index contributed by atoms with van der Waals surface area (Å²) in [6, 6.07) is 21.6. The van der Waals surface area contributed by atoms with E-state index in [4.69, 9.17) is 39.5 Å². The van der Waals surface area contributed by atoms with Crippen molar-refractivity contribution >= 4 is 69.8 Å². The largest absolute Gasteiger partial charge is 0.505 e. The number of ether oxygens (including phenoxy) is 1. The second-order valence-corrected chi connectivity index (χ2v) is 14.7. The fourth-order valence-electron chi connectivity index (χ4n) is 8.80. The number of phenols is 1. The Balaban J connectivity index is 1.34. The lowest BCUT2D eigenvalue weighted by Gasteiger charge is -2.50. The topological polar surface area (TPSA) is 116 Å². The molecule has 8 rings (SSSR count). The molecule has 4 aromatic carbocycles. The van der Waals surface area contributed by atoms with Crippen molar-refractivity contribution in [2.45, 2.75) is 24.2 Å². The number of hydrazine groups is 1. The molecule has 2 aliphatic heterocycles. The third-order valence-corrected chi connectivity index (χ3v) is 11.8. The minimum atomic E-state index is -1.75.